The minimum Gasteiger partial charge on any atom is -0.342 e. The van der Waals surface area contributed by atoms with Crippen LogP contribution in [0.3, 0.4) is 0 Å². The Morgan fingerprint density at radius 2 is 1.41 bits per heavy atom. The molecular formula is C75H105F2N7O4. The van der Waals surface area contributed by atoms with Crippen molar-refractivity contribution in [3.8, 4) is 0 Å². The van der Waals surface area contributed by atoms with Crippen molar-refractivity contribution in [1.29, 1.82) is 0 Å². The Kier molecular flexibility index (Phi) is 20.1. The molecule has 6 fully saturated rings. The van der Waals surface area contributed by atoms with Crippen molar-refractivity contribution in [2.75, 3.05) is 58.9 Å². The molecule has 0 bridgehead atoms. The van der Waals surface area contributed by atoms with Crippen molar-refractivity contribution in [3.63, 3.8) is 0 Å². The Bertz CT molecular complexity index is 3220. The van der Waals surface area contributed by atoms with Crippen LogP contribution >= 0.6 is 0 Å². The van der Waals surface area contributed by atoms with Crippen LogP contribution < -0.4 is 21.8 Å². The Morgan fingerprint density at radius 3 is 2.11 bits per heavy atom. The molecule has 1 amide bonds. The lowest BCUT2D eigenvalue weighted by molar-refractivity contribution is -0.137. The average molecular weight is 1210 g/mol. The van der Waals surface area contributed by atoms with Gasteiger partial charge in [-0.05, 0) is 217 Å². The molecule has 6 heterocycles. The van der Waals surface area contributed by atoms with Gasteiger partial charge in [0.05, 0.1) is 12.5 Å². The number of aromatic amines is 2. The summed E-state index contributed by atoms with van der Waals surface area (Å²) in [5.41, 5.74) is 8.01. The van der Waals surface area contributed by atoms with E-state index < -0.39 is 0 Å². The van der Waals surface area contributed by atoms with Crippen LogP contribution in [0.25, 0.3) is 0 Å². The first kappa shape index (κ1) is 64.4. The highest BCUT2D eigenvalue weighted by Gasteiger charge is 2.55. The highest BCUT2D eigenvalue weighted by atomic mass is 19.1. The lowest BCUT2D eigenvalue weighted by Gasteiger charge is -2.43. The number of likely N-dealkylation sites (tertiary alicyclic amines) is 2. The summed E-state index contributed by atoms with van der Waals surface area (Å²) >= 11 is 0. The van der Waals surface area contributed by atoms with E-state index in [1.165, 1.54) is 80.3 Å². The second kappa shape index (κ2) is 27.4. The van der Waals surface area contributed by atoms with Gasteiger partial charge in [0, 0.05) is 116 Å². The molecule has 0 radical (unpaired) electrons. The maximum atomic E-state index is 14.7. The van der Waals surface area contributed by atoms with Gasteiger partial charge in [0.25, 0.3) is 11.1 Å². The number of carbonyl (C=O) groups excluding carboxylic acids is 2. The molecule has 13 heteroatoms. The van der Waals surface area contributed by atoms with Crippen LogP contribution in [0.4, 0.5) is 8.78 Å². The molecule has 4 N–H and O–H groups in total. The van der Waals surface area contributed by atoms with Crippen molar-refractivity contribution < 1.29 is 18.4 Å². The van der Waals surface area contributed by atoms with E-state index in [1.54, 1.807) is 24.3 Å². The van der Waals surface area contributed by atoms with Crippen molar-refractivity contribution in [2.24, 2.45) is 40.9 Å². The largest absolute Gasteiger partial charge is 0.342 e. The van der Waals surface area contributed by atoms with Crippen LogP contribution in [0.2, 0.25) is 0 Å². The summed E-state index contributed by atoms with van der Waals surface area (Å²) in [7, 11) is 0. The summed E-state index contributed by atoms with van der Waals surface area (Å²) in [4.78, 5) is 69.9. The van der Waals surface area contributed by atoms with Gasteiger partial charge in [-0.3, -0.25) is 24.1 Å². The number of piperidine rings is 2. The number of hydrogen-bond acceptors (Lipinski definition) is 8. The molecule has 3 aliphatic carbocycles. The minimum absolute atomic E-state index is 0.0617. The van der Waals surface area contributed by atoms with Gasteiger partial charge in [0.2, 0.25) is 5.91 Å². The number of hydrogen-bond donors (Lipinski definition) is 4. The molecule has 0 spiro atoms. The van der Waals surface area contributed by atoms with Crippen molar-refractivity contribution in [1.82, 2.24) is 35.3 Å². The zero-order chi connectivity index (χ0) is 62.1. The lowest BCUT2D eigenvalue weighted by Crippen LogP contribution is -2.57. The maximum Gasteiger partial charge on any atom is 0.251 e. The molecule has 11 rings (SSSR count). The van der Waals surface area contributed by atoms with Crippen molar-refractivity contribution >= 4 is 11.7 Å². The number of allylic oxidation sites excluding steroid dienone is 1. The number of nitrogens with one attached hydrogen (secondary N) is 4. The number of ketones is 1. The molecule has 88 heavy (non-hydrogen) atoms. The number of fused-ring (bicyclic) bond motifs is 1. The highest BCUT2D eigenvalue weighted by Crippen LogP contribution is 2.64. The van der Waals surface area contributed by atoms with E-state index in [4.69, 9.17) is 6.58 Å². The topological polar surface area (TPSA) is 134 Å². The first-order valence-corrected chi connectivity index (χ1v) is 34.6. The quantitative estimate of drug-likeness (QED) is 0.0606. The molecular weight excluding hydrogens is 1100 g/mol. The molecule has 2 aromatic heterocycles. The second-order valence-corrected chi connectivity index (χ2v) is 30.6. The summed E-state index contributed by atoms with van der Waals surface area (Å²) in [6.45, 7) is 28.0. The number of amides is 1. The van der Waals surface area contributed by atoms with Crippen molar-refractivity contribution in [3.05, 3.63) is 150 Å². The van der Waals surface area contributed by atoms with E-state index in [0.717, 1.165) is 151 Å². The smallest absolute Gasteiger partial charge is 0.251 e. The predicted octanol–water partition coefficient (Wildman–Crippen LogP) is 12.7. The van der Waals surface area contributed by atoms with Crippen LogP contribution in [0.15, 0.2) is 82.4 Å². The zero-order valence-electron chi connectivity index (χ0n) is 54.5. The molecule has 4 unspecified atom stereocenters. The Labute approximate surface area is 524 Å². The number of halogens is 2. The number of aromatic nitrogens is 2. The Hall–Kier alpha value is -5.08. The number of rotatable bonds is 21. The number of Topliss-reactive ketones (excluding diaryl/α,β-unsaturated/α-hetero) is 1. The third-order valence-corrected chi connectivity index (χ3v) is 23.4. The lowest BCUT2D eigenvalue weighted by atomic mass is 9.66. The number of piperazine rings is 1. The standard InChI is InChI=1S/C75H105F2N7O4/c1-9-73(5,6)68-56(38-57(70(86)80-68)34-51-18-23-62(76)24-19-51)39-65(85)47-84-44-50(4)79-43-64(84)37-53-13-10-15-61(36-53)75(28-29-75)60-16-12-31-83(32-27-60)72(88)55-14-11-30-82(45-55)46-59-42-78-49(3)33-54(59)22-17-48(2)67-41-74(7,8)69-66(67)40-58(71(87)81-69)35-52-20-25-63(77)26-21-52/h18-21,23-26,38,40,49-50,53-55,59-61,64,67,78-79H,2,9-17,22,27-37,39,41-47H2,1,3-8H3,(H,80,86)(H,81,87)/t49-,50-,53?,54?,55+,59-,60?,61+,64+,67?/m1/s1. The summed E-state index contributed by atoms with van der Waals surface area (Å²) in [5, 5.41) is 7.62. The van der Waals surface area contributed by atoms with Gasteiger partial charge in [-0.2, -0.15) is 0 Å². The molecule has 4 aromatic rings. The van der Waals surface area contributed by atoms with Gasteiger partial charge in [-0.15, -0.1) is 0 Å². The third-order valence-electron chi connectivity index (χ3n) is 23.4. The Morgan fingerprint density at radius 1 is 0.739 bits per heavy atom. The first-order valence-electron chi connectivity index (χ1n) is 34.6. The van der Waals surface area contributed by atoms with E-state index in [-0.39, 0.29) is 57.6 Å². The number of benzene rings is 2. The van der Waals surface area contributed by atoms with Crippen LogP contribution in [0, 0.1) is 52.6 Å². The fourth-order valence-corrected chi connectivity index (χ4v) is 17.9. The van der Waals surface area contributed by atoms with Gasteiger partial charge in [-0.1, -0.05) is 83.9 Å². The van der Waals surface area contributed by atoms with Gasteiger partial charge in [0.1, 0.15) is 11.6 Å². The van der Waals surface area contributed by atoms with Crippen LogP contribution in [0.1, 0.15) is 208 Å². The average Bonchev–Trinajstić information content (AvgIpc) is 1.65. The molecule has 7 aliphatic rings. The second-order valence-electron chi connectivity index (χ2n) is 30.6. The summed E-state index contributed by atoms with van der Waals surface area (Å²) in [5.74, 6) is 3.33. The first-order chi connectivity index (χ1) is 42.1. The van der Waals surface area contributed by atoms with Gasteiger partial charge in [0.15, 0.2) is 5.78 Å². The fourth-order valence-electron chi connectivity index (χ4n) is 17.9. The van der Waals surface area contributed by atoms with Crippen LogP contribution in [0.5, 0.6) is 0 Å². The van der Waals surface area contributed by atoms with Crippen LogP contribution in [-0.4, -0.2) is 113 Å². The minimum atomic E-state index is -0.313. The number of nitrogens with zero attached hydrogens (tertiary/aromatic N) is 3. The summed E-state index contributed by atoms with van der Waals surface area (Å²) < 4.78 is 27.5. The van der Waals surface area contributed by atoms with Gasteiger partial charge in [-0.25, -0.2) is 8.78 Å². The van der Waals surface area contributed by atoms with Crippen LogP contribution in [-0.2, 0) is 39.7 Å². The number of carbonyl (C=O) groups is 2. The van der Waals surface area contributed by atoms with E-state index >= 15 is 0 Å². The van der Waals surface area contributed by atoms with E-state index in [2.05, 4.69) is 89.8 Å². The summed E-state index contributed by atoms with van der Waals surface area (Å²) in [6.07, 6.45) is 20.4. The molecule has 2 saturated carbocycles. The zero-order valence-corrected chi connectivity index (χ0v) is 54.5. The maximum absolute atomic E-state index is 14.7. The SMILES string of the molecule is C=C(CCC1C[C@@H](C)NC[C@@H]1CN1CCC[C@H](C(=O)N2CCCC(C3([C@H]4CCCC(C[C@H]5CN[C@H](C)CN5CC(=O)Cc5cc(Cc6ccc(F)cc6)c(=O)[nH]c5C(C)(C)CC)C4)CC3)CC2)C1)C1CC(C)(C)c2[nH]c(=O)c(Cc3ccc(F)cc3)cc21. The van der Waals surface area contributed by atoms with Gasteiger partial charge >= 0.3 is 0 Å². The molecule has 2 aromatic carbocycles. The van der Waals surface area contributed by atoms with E-state index in [9.17, 15) is 28.0 Å². The Balaban J connectivity index is 0.667. The predicted molar refractivity (Wildman–Crippen MR) is 350 cm³/mol. The van der Waals surface area contributed by atoms with E-state index in [0.29, 0.717) is 83.6 Å². The molecule has 4 saturated heterocycles. The normalized spacial score (nSPS) is 28.4. The van der Waals surface area contributed by atoms with Gasteiger partial charge < -0.3 is 30.4 Å². The van der Waals surface area contributed by atoms with E-state index in [1.807, 2.05) is 6.07 Å². The molecule has 478 valence electrons. The number of pyridine rings is 2. The summed E-state index contributed by atoms with van der Waals surface area (Å²) in [6, 6.07) is 17.9. The highest BCUT2D eigenvalue weighted by molar-refractivity contribution is 5.83. The third kappa shape index (κ3) is 15.0. The molecule has 10 atom stereocenters. The molecule has 11 nitrogen and oxygen atoms in total. The monoisotopic (exact) mass is 1210 g/mol. The number of H-pyrrole nitrogens is 2. The molecule has 4 aliphatic heterocycles. The fraction of sp³-hybridized carbons (Fsp3) is 0.653. The van der Waals surface area contributed by atoms with Crippen molar-refractivity contribution in [2.45, 2.75) is 212 Å².